The molecule has 1 atom stereocenters. The maximum atomic E-state index is 13.1. The van der Waals surface area contributed by atoms with Crippen molar-refractivity contribution >= 4 is 33.2 Å². The van der Waals surface area contributed by atoms with Gasteiger partial charge in [0.1, 0.15) is 16.0 Å². The molecule has 1 aromatic heterocycles. The number of nitrogens with one attached hydrogen (secondary N) is 1. The Balaban J connectivity index is 1.39. The molecule has 2 aromatic rings. The average molecular weight is 537 g/mol. The van der Waals surface area contributed by atoms with Crippen LogP contribution in [0.3, 0.4) is 0 Å². The molecule has 0 bridgehead atoms. The molecule has 36 heavy (non-hydrogen) atoms. The number of benzene rings is 1. The summed E-state index contributed by atoms with van der Waals surface area (Å²) in [7, 11) is -4.04. The lowest BCUT2D eigenvalue weighted by molar-refractivity contribution is -0.142. The number of rotatable bonds is 9. The van der Waals surface area contributed by atoms with Crippen LogP contribution in [0.15, 0.2) is 40.6 Å². The molecule has 2 N–H and O–H groups in total. The van der Waals surface area contributed by atoms with Crippen LogP contribution < -0.4 is 9.46 Å². The summed E-state index contributed by atoms with van der Waals surface area (Å²) in [5, 5.41) is 9.84. The molecule has 0 spiro atoms. The fourth-order valence-electron chi connectivity index (χ4n) is 4.73. The summed E-state index contributed by atoms with van der Waals surface area (Å²) >= 11 is 1.09. The molecule has 9 nitrogen and oxygen atoms in total. The quantitative estimate of drug-likeness (QED) is 0.505. The van der Waals surface area contributed by atoms with Gasteiger partial charge in [-0.15, -0.1) is 11.3 Å². The second-order valence-corrected chi connectivity index (χ2v) is 12.1. The zero-order valence-corrected chi connectivity index (χ0v) is 21.9. The van der Waals surface area contributed by atoms with Crippen molar-refractivity contribution in [2.75, 3.05) is 32.9 Å². The van der Waals surface area contributed by atoms with E-state index in [4.69, 9.17) is 9.47 Å². The molecule has 2 aliphatic heterocycles. The van der Waals surface area contributed by atoms with E-state index in [2.05, 4.69) is 4.72 Å². The summed E-state index contributed by atoms with van der Waals surface area (Å²) in [5.41, 5.74) is 0.848. The van der Waals surface area contributed by atoms with Crippen molar-refractivity contribution in [3.63, 3.8) is 0 Å². The molecule has 4 rings (SSSR count). The molecular weight excluding hydrogens is 504 g/mol. The number of carboxylic acid groups (broad SMARTS) is 1. The molecule has 0 radical (unpaired) electrons. The van der Waals surface area contributed by atoms with Gasteiger partial charge in [0, 0.05) is 37.1 Å². The van der Waals surface area contributed by atoms with Gasteiger partial charge in [-0.05, 0) is 80.5 Å². The van der Waals surface area contributed by atoms with E-state index in [9.17, 15) is 23.1 Å². The molecule has 196 valence electrons. The molecule has 0 unspecified atom stereocenters. The van der Waals surface area contributed by atoms with Crippen LogP contribution in [0.2, 0.25) is 0 Å². The fourth-order valence-corrected chi connectivity index (χ4v) is 7.32. The van der Waals surface area contributed by atoms with Gasteiger partial charge in [-0.2, -0.15) is 4.72 Å². The van der Waals surface area contributed by atoms with E-state index in [1.807, 2.05) is 31.2 Å². The fraction of sp³-hybridized carbons (Fsp3) is 0.520. The van der Waals surface area contributed by atoms with Crippen molar-refractivity contribution in [1.82, 2.24) is 9.62 Å². The Morgan fingerprint density at radius 1 is 1.11 bits per heavy atom. The van der Waals surface area contributed by atoms with Crippen LogP contribution in [-0.4, -0.2) is 69.3 Å². The number of carbonyl (C=O) groups is 2. The van der Waals surface area contributed by atoms with Crippen molar-refractivity contribution in [2.45, 2.75) is 42.9 Å². The first-order valence-electron chi connectivity index (χ1n) is 12.2. The van der Waals surface area contributed by atoms with E-state index in [0.717, 1.165) is 27.5 Å². The van der Waals surface area contributed by atoms with E-state index < -0.39 is 28.0 Å². The number of hydrogen-bond donors (Lipinski definition) is 2. The van der Waals surface area contributed by atoms with Gasteiger partial charge in [0.15, 0.2) is 0 Å². The van der Waals surface area contributed by atoms with Crippen molar-refractivity contribution < 1.29 is 32.6 Å². The highest BCUT2D eigenvalue weighted by molar-refractivity contribution is 7.91. The van der Waals surface area contributed by atoms with Crippen LogP contribution >= 0.6 is 11.3 Å². The maximum absolute atomic E-state index is 13.1. The largest absolute Gasteiger partial charge is 0.494 e. The van der Waals surface area contributed by atoms with Gasteiger partial charge in [-0.3, -0.25) is 9.59 Å². The number of carbonyl (C=O) groups excluding carboxylic acids is 1. The van der Waals surface area contributed by atoms with Gasteiger partial charge < -0.3 is 19.5 Å². The van der Waals surface area contributed by atoms with E-state index >= 15 is 0 Å². The first kappa shape index (κ1) is 26.6. The van der Waals surface area contributed by atoms with E-state index in [-0.39, 0.29) is 16.0 Å². The van der Waals surface area contributed by atoms with Gasteiger partial charge in [0.25, 0.3) is 10.0 Å². The SMILES string of the molecule is CCOc1ccc(-c2ccc(S(=O)(=O)N[C@@H](C(=O)O)C3CCN(C(=O)C4CCOCC4)CC3)s2)cc1. The Morgan fingerprint density at radius 3 is 2.39 bits per heavy atom. The van der Waals surface area contributed by atoms with Crippen LogP contribution in [0, 0.1) is 11.8 Å². The number of sulfonamides is 1. The van der Waals surface area contributed by atoms with Crippen LogP contribution in [0.5, 0.6) is 5.75 Å². The zero-order valence-electron chi connectivity index (χ0n) is 20.2. The summed E-state index contributed by atoms with van der Waals surface area (Å²) < 4.78 is 39.4. The first-order chi connectivity index (χ1) is 17.3. The number of ether oxygens (including phenoxy) is 2. The topological polar surface area (TPSA) is 122 Å². The highest BCUT2D eigenvalue weighted by Crippen LogP contribution is 2.33. The van der Waals surface area contributed by atoms with Crippen LogP contribution in [-0.2, 0) is 24.3 Å². The summed E-state index contributed by atoms with van der Waals surface area (Å²) in [6.45, 7) is 4.47. The lowest BCUT2D eigenvalue weighted by Gasteiger charge is -2.37. The third kappa shape index (κ3) is 6.26. The molecule has 3 heterocycles. The van der Waals surface area contributed by atoms with Crippen molar-refractivity contribution in [2.24, 2.45) is 11.8 Å². The molecule has 0 saturated carbocycles. The molecule has 2 aliphatic rings. The highest BCUT2D eigenvalue weighted by atomic mass is 32.2. The molecule has 2 saturated heterocycles. The Kier molecular flexibility index (Phi) is 8.66. The van der Waals surface area contributed by atoms with Crippen molar-refractivity contribution in [1.29, 1.82) is 0 Å². The number of likely N-dealkylation sites (tertiary alicyclic amines) is 1. The van der Waals surface area contributed by atoms with Crippen LogP contribution in [0.1, 0.15) is 32.6 Å². The third-order valence-corrected chi connectivity index (χ3v) is 9.80. The average Bonchev–Trinajstić information content (AvgIpc) is 3.40. The Labute approximate surface area is 215 Å². The number of amides is 1. The summed E-state index contributed by atoms with van der Waals surface area (Å²) in [4.78, 5) is 27.4. The number of piperidine rings is 1. The number of nitrogens with zero attached hydrogens (tertiary/aromatic N) is 1. The van der Waals surface area contributed by atoms with E-state index in [0.29, 0.717) is 58.6 Å². The minimum atomic E-state index is -4.04. The van der Waals surface area contributed by atoms with Gasteiger partial charge in [-0.1, -0.05) is 0 Å². The maximum Gasteiger partial charge on any atom is 0.322 e. The number of aliphatic carboxylic acids is 1. The minimum Gasteiger partial charge on any atom is -0.494 e. The van der Waals surface area contributed by atoms with Gasteiger partial charge >= 0.3 is 5.97 Å². The molecule has 1 aromatic carbocycles. The Morgan fingerprint density at radius 2 is 1.78 bits per heavy atom. The predicted molar refractivity (Wildman–Crippen MR) is 136 cm³/mol. The summed E-state index contributed by atoms with van der Waals surface area (Å²) in [6.07, 6.45) is 2.26. The van der Waals surface area contributed by atoms with Crippen LogP contribution in [0.4, 0.5) is 0 Å². The zero-order chi connectivity index (χ0) is 25.7. The third-order valence-electron chi connectivity index (χ3n) is 6.74. The number of thiophene rings is 1. The predicted octanol–water partition coefficient (Wildman–Crippen LogP) is 3.21. The summed E-state index contributed by atoms with van der Waals surface area (Å²) in [5.74, 6) is -0.841. The van der Waals surface area contributed by atoms with Gasteiger partial charge in [0.2, 0.25) is 5.91 Å². The van der Waals surface area contributed by atoms with Crippen LogP contribution in [0.25, 0.3) is 10.4 Å². The molecule has 0 aliphatic carbocycles. The minimum absolute atomic E-state index is 0.0486. The first-order valence-corrected chi connectivity index (χ1v) is 14.5. The normalized spacial score (nSPS) is 18.6. The van der Waals surface area contributed by atoms with Gasteiger partial charge in [0.05, 0.1) is 6.61 Å². The smallest absolute Gasteiger partial charge is 0.322 e. The standard InChI is InChI=1S/C25H32N2O7S2/c1-2-34-20-5-3-17(4-6-20)21-7-8-22(35-21)36(31,32)26-23(25(29)30)18-9-13-27(14-10-18)24(28)19-11-15-33-16-12-19/h3-8,18-19,23,26H,2,9-16H2,1H3,(H,29,30)/t23-/m1/s1. The molecule has 11 heteroatoms. The second kappa shape index (κ2) is 11.7. The number of carboxylic acids is 1. The second-order valence-electron chi connectivity index (χ2n) is 9.06. The number of hydrogen-bond acceptors (Lipinski definition) is 7. The Bertz CT molecular complexity index is 1150. The van der Waals surface area contributed by atoms with Crippen molar-refractivity contribution in [3.05, 3.63) is 36.4 Å². The van der Waals surface area contributed by atoms with E-state index in [1.54, 1.807) is 11.0 Å². The highest BCUT2D eigenvalue weighted by Gasteiger charge is 2.37. The Hall–Kier alpha value is -2.47. The van der Waals surface area contributed by atoms with Gasteiger partial charge in [-0.25, -0.2) is 8.42 Å². The lowest BCUT2D eigenvalue weighted by Crippen LogP contribution is -2.51. The molecule has 1 amide bonds. The molecule has 2 fully saturated rings. The molecular formula is C25H32N2O7S2. The monoisotopic (exact) mass is 536 g/mol. The van der Waals surface area contributed by atoms with Crippen molar-refractivity contribution in [3.8, 4) is 16.2 Å². The summed E-state index contributed by atoms with van der Waals surface area (Å²) in [6, 6.07) is 9.31. The van der Waals surface area contributed by atoms with E-state index in [1.165, 1.54) is 6.07 Å². The lowest BCUT2D eigenvalue weighted by atomic mass is 9.88.